The molecule has 2 aromatic heterocycles. The van der Waals surface area contributed by atoms with Gasteiger partial charge in [-0.2, -0.15) is 10.4 Å². The molecule has 0 fully saturated rings. The maximum Gasteiger partial charge on any atom is 0.341 e. The second kappa shape index (κ2) is 11.7. The molecule has 2 heterocycles. The fourth-order valence-electron chi connectivity index (χ4n) is 4.59. The summed E-state index contributed by atoms with van der Waals surface area (Å²) in [6.45, 7) is 1.98. The number of carbonyl (C=O) groups excluding carboxylic acids is 2. The smallest absolute Gasteiger partial charge is 0.341 e. The summed E-state index contributed by atoms with van der Waals surface area (Å²) in [5.41, 5.74) is 4.03. The van der Waals surface area contributed by atoms with Gasteiger partial charge in [0.05, 0.1) is 23.6 Å². The van der Waals surface area contributed by atoms with Gasteiger partial charge in [0.2, 0.25) is 0 Å². The highest BCUT2D eigenvalue weighted by atomic mass is 35.5. The minimum absolute atomic E-state index is 0.112. The van der Waals surface area contributed by atoms with Crippen molar-refractivity contribution in [1.29, 1.82) is 5.26 Å². The molecule has 0 unspecified atom stereocenters. The lowest BCUT2D eigenvalue weighted by molar-refractivity contribution is -0.112. The molecule has 0 atom stereocenters. The lowest BCUT2D eigenvalue weighted by Crippen LogP contribution is -2.16. The molecule has 0 radical (unpaired) electrons. The molecule has 39 heavy (non-hydrogen) atoms. The number of esters is 1. The van der Waals surface area contributed by atoms with Crippen molar-refractivity contribution in [2.45, 2.75) is 32.6 Å². The Morgan fingerprint density at radius 2 is 1.90 bits per heavy atom. The Hall–Kier alpha value is -4.19. The van der Waals surface area contributed by atoms with E-state index >= 15 is 0 Å². The van der Waals surface area contributed by atoms with Gasteiger partial charge in [-0.15, -0.1) is 11.3 Å². The van der Waals surface area contributed by atoms with Crippen LogP contribution in [-0.4, -0.2) is 28.3 Å². The van der Waals surface area contributed by atoms with Crippen LogP contribution >= 0.6 is 22.9 Å². The van der Waals surface area contributed by atoms with Crippen molar-refractivity contribution in [2.75, 3.05) is 11.9 Å². The molecule has 1 N–H and O–H groups in total. The first-order valence-electron chi connectivity index (χ1n) is 12.6. The Morgan fingerprint density at radius 1 is 1.15 bits per heavy atom. The first-order chi connectivity index (χ1) is 19.0. The van der Waals surface area contributed by atoms with Gasteiger partial charge in [-0.3, -0.25) is 4.79 Å². The maximum atomic E-state index is 13.4. The van der Waals surface area contributed by atoms with Crippen LogP contribution in [0, 0.1) is 11.3 Å². The third kappa shape index (κ3) is 5.65. The van der Waals surface area contributed by atoms with Crippen molar-refractivity contribution in [3.63, 3.8) is 0 Å². The van der Waals surface area contributed by atoms with Gasteiger partial charge >= 0.3 is 5.97 Å². The number of rotatable bonds is 7. The van der Waals surface area contributed by atoms with Gasteiger partial charge in [-0.05, 0) is 68.5 Å². The second-order valence-electron chi connectivity index (χ2n) is 8.98. The summed E-state index contributed by atoms with van der Waals surface area (Å²) >= 11 is 7.48. The van der Waals surface area contributed by atoms with Crippen LogP contribution in [0.2, 0.25) is 5.02 Å². The highest BCUT2D eigenvalue weighted by Crippen LogP contribution is 2.39. The molecule has 9 heteroatoms. The third-order valence-corrected chi connectivity index (χ3v) is 7.88. The topological polar surface area (TPSA) is 97.0 Å². The van der Waals surface area contributed by atoms with Crippen LogP contribution in [0.15, 0.2) is 66.4 Å². The molecule has 5 rings (SSSR count). The van der Waals surface area contributed by atoms with Crippen molar-refractivity contribution in [3.05, 3.63) is 93.0 Å². The van der Waals surface area contributed by atoms with Gasteiger partial charge in [0, 0.05) is 27.2 Å². The van der Waals surface area contributed by atoms with Gasteiger partial charge in [0.15, 0.2) is 0 Å². The van der Waals surface area contributed by atoms with Crippen molar-refractivity contribution >= 4 is 45.9 Å². The zero-order valence-corrected chi connectivity index (χ0v) is 22.8. The number of aryl methyl sites for hydroxylation is 1. The average Bonchev–Trinajstić information content (AvgIpc) is 3.54. The zero-order valence-electron chi connectivity index (χ0n) is 21.2. The monoisotopic (exact) mass is 556 g/mol. The Kier molecular flexibility index (Phi) is 7.92. The predicted molar refractivity (Wildman–Crippen MR) is 153 cm³/mol. The Bertz CT molecular complexity index is 1600. The normalized spacial score (nSPS) is 12.9. The Labute approximate surface area is 235 Å². The van der Waals surface area contributed by atoms with E-state index in [4.69, 9.17) is 21.4 Å². The third-order valence-electron chi connectivity index (χ3n) is 6.42. The van der Waals surface area contributed by atoms with Gasteiger partial charge in [0.1, 0.15) is 16.6 Å². The van der Waals surface area contributed by atoms with E-state index in [1.807, 2.05) is 48.5 Å². The number of nitrogens with one attached hydrogen (secondary N) is 1. The lowest BCUT2D eigenvalue weighted by atomic mass is 9.95. The number of hydrogen-bond acceptors (Lipinski definition) is 6. The van der Waals surface area contributed by atoms with E-state index in [2.05, 4.69) is 5.32 Å². The van der Waals surface area contributed by atoms with Gasteiger partial charge in [-0.1, -0.05) is 41.9 Å². The van der Waals surface area contributed by atoms with E-state index in [9.17, 15) is 14.9 Å². The van der Waals surface area contributed by atoms with Crippen molar-refractivity contribution < 1.29 is 14.3 Å². The van der Waals surface area contributed by atoms with Crippen molar-refractivity contribution in [3.8, 4) is 23.0 Å². The zero-order chi connectivity index (χ0) is 27.4. The van der Waals surface area contributed by atoms with Gasteiger partial charge in [0.25, 0.3) is 5.91 Å². The van der Waals surface area contributed by atoms with Crippen LogP contribution in [0.1, 0.15) is 46.1 Å². The molecular weight excluding hydrogens is 532 g/mol. The van der Waals surface area contributed by atoms with Crippen LogP contribution in [0.4, 0.5) is 5.00 Å². The highest BCUT2D eigenvalue weighted by Gasteiger charge is 2.28. The van der Waals surface area contributed by atoms with Crippen molar-refractivity contribution in [2.24, 2.45) is 0 Å². The minimum Gasteiger partial charge on any atom is -0.462 e. The van der Waals surface area contributed by atoms with Crippen LogP contribution in [0.25, 0.3) is 23.0 Å². The second-order valence-corrected chi connectivity index (χ2v) is 10.5. The Balaban J connectivity index is 1.52. The number of hydrogen-bond donors (Lipinski definition) is 1. The summed E-state index contributed by atoms with van der Waals surface area (Å²) in [5, 5.41) is 18.5. The van der Waals surface area contributed by atoms with Gasteiger partial charge in [-0.25, -0.2) is 9.48 Å². The SMILES string of the molecule is CCOC(=O)c1c(NC(=O)/C(C#N)=C/c2cn(-c3ccccc3)nc2-c2ccc(Cl)cc2)sc2c1CCCC2. The van der Waals surface area contributed by atoms with Crippen LogP contribution in [-0.2, 0) is 22.4 Å². The van der Waals surface area contributed by atoms with Crippen LogP contribution in [0.5, 0.6) is 0 Å². The van der Waals surface area contributed by atoms with E-state index in [0.29, 0.717) is 26.8 Å². The number of anilines is 1. The molecule has 0 bridgehead atoms. The number of fused-ring (bicyclic) bond motifs is 1. The summed E-state index contributed by atoms with van der Waals surface area (Å²) in [5.74, 6) is -1.06. The number of aromatic nitrogens is 2. The number of para-hydroxylation sites is 1. The fraction of sp³-hybridized carbons (Fsp3) is 0.200. The minimum atomic E-state index is -0.601. The number of benzene rings is 2. The molecule has 0 spiro atoms. The number of halogens is 1. The molecule has 1 aliphatic rings. The highest BCUT2D eigenvalue weighted by molar-refractivity contribution is 7.17. The van der Waals surface area contributed by atoms with E-state index in [-0.39, 0.29) is 12.2 Å². The molecule has 1 amide bonds. The standard InChI is InChI=1S/C30H25ClN4O3S/c1-2-38-30(37)26-24-10-6-7-11-25(24)39-29(26)33-28(36)20(17-32)16-21-18-35(23-8-4-3-5-9-23)34-27(21)19-12-14-22(31)15-13-19/h3-5,8-9,12-16,18H,2,6-7,10-11H2,1H3,(H,33,36)/b20-16+. The summed E-state index contributed by atoms with van der Waals surface area (Å²) in [7, 11) is 0. The number of ether oxygens (including phenoxy) is 1. The summed E-state index contributed by atoms with van der Waals surface area (Å²) in [6.07, 6.45) is 6.92. The maximum absolute atomic E-state index is 13.4. The first-order valence-corrected chi connectivity index (χ1v) is 13.8. The molecule has 0 aliphatic heterocycles. The van der Waals surface area contributed by atoms with E-state index in [1.54, 1.807) is 29.9 Å². The lowest BCUT2D eigenvalue weighted by Gasteiger charge is -2.12. The number of nitriles is 1. The average molecular weight is 557 g/mol. The molecule has 7 nitrogen and oxygen atoms in total. The van der Waals surface area contributed by atoms with Gasteiger partial charge < -0.3 is 10.1 Å². The van der Waals surface area contributed by atoms with Crippen LogP contribution < -0.4 is 5.32 Å². The van der Waals surface area contributed by atoms with Crippen LogP contribution in [0.3, 0.4) is 0 Å². The number of carbonyl (C=O) groups is 2. The van der Waals surface area contributed by atoms with E-state index in [0.717, 1.165) is 47.4 Å². The predicted octanol–water partition coefficient (Wildman–Crippen LogP) is 6.86. The molecule has 1 aliphatic carbocycles. The first kappa shape index (κ1) is 26.4. The molecule has 4 aromatic rings. The number of amides is 1. The molecule has 196 valence electrons. The molecular formula is C30H25ClN4O3S. The summed E-state index contributed by atoms with van der Waals surface area (Å²) in [4.78, 5) is 27.3. The summed E-state index contributed by atoms with van der Waals surface area (Å²) in [6, 6.07) is 18.8. The van der Waals surface area contributed by atoms with Crippen molar-refractivity contribution in [1.82, 2.24) is 9.78 Å². The number of thiophene rings is 1. The fourth-order valence-corrected chi connectivity index (χ4v) is 5.98. The summed E-state index contributed by atoms with van der Waals surface area (Å²) < 4.78 is 6.99. The Morgan fingerprint density at radius 3 is 2.62 bits per heavy atom. The molecule has 0 saturated heterocycles. The molecule has 2 aromatic carbocycles. The largest absolute Gasteiger partial charge is 0.462 e. The van der Waals surface area contributed by atoms with E-state index in [1.165, 1.54) is 17.4 Å². The molecule has 0 saturated carbocycles. The number of nitrogens with zero attached hydrogens (tertiary/aromatic N) is 3. The van der Waals surface area contributed by atoms with E-state index < -0.39 is 11.9 Å². The quantitative estimate of drug-likeness (QED) is 0.152.